The molecule has 1 unspecified atom stereocenters. The van der Waals surface area contributed by atoms with Crippen molar-refractivity contribution in [1.82, 2.24) is 41.5 Å². The van der Waals surface area contributed by atoms with Crippen LogP contribution in [0.25, 0.3) is 11.0 Å². The van der Waals surface area contributed by atoms with Gasteiger partial charge in [-0.15, -0.1) is 0 Å². The third kappa shape index (κ3) is 12.6. The van der Waals surface area contributed by atoms with E-state index in [0.29, 0.717) is 46.3 Å². The molecule has 5 heterocycles. The van der Waals surface area contributed by atoms with Crippen LogP contribution in [0.2, 0.25) is 0 Å². The van der Waals surface area contributed by atoms with E-state index in [1.165, 1.54) is 9.80 Å². The van der Waals surface area contributed by atoms with Crippen molar-refractivity contribution in [3.8, 4) is 11.8 Å². The highest BCUT2D eigenvalue weighted by Crippen LogP contribution is 2.59. The molecule has 0 spiro atoms. The molecule has 25 heteroatoms. The van der Waals surface area contributed by atoms with Crippen LogP contribution >= 0.6 is 7.60 Å². The lowest BCUT2D eigenvalue weighted by Gasteiger charge is -2.29. The number of aromatic nitrogens is 2. The number of anilines is 1. The second-order valence-electron chi connectivity index (χ2n) is 20.6. The number of carbonyl (C=O) groups excluding carboxylic acids is 9. The molecule has 5 atom stereocenters. The van der Waals surface area contributed by atoms with Gasteiger partial charge in [-0.05, 0) is 85.0 Å². The van der Waals surface area contributed by atoms with Crippen molar-refractivity contribution in [3.05, 3.63) is 130 Å². The highest BCUT2D eigenvalue weighted by molar-refractivity contribution is 7.52. The molecule has 0 saturated carbocycles. The predicted molar refractivity (Wildman–Crippen MR) is 291 cm³/mol. The van der Waals surface area contributed by atoms with E-state index in [1.54, 1.807) is 60.7 Å². The molecule has 5 aromatic rings. The minimum atomic E-state index is -5.91. The van der Waals surface area contributed by atoms with Gasteiger partial charge in [0.15, 0.2) is 5.82 Å². The Kier molecular flexibility index (Phi) is 17.4. The number of fused-ring (bicyclic) bond motifs is 2. The summed E-state index contributed by atoms with van der Waals surface area (Å²) in [4.78, 5) is 148. The average molecular weight is 1150 g/mol. The molecular formula is C57H59F2N10O12P. The molecule has 9 rings (SSSR count). The number of hydrogen-bond donors (Lipinski definition) is 9. The van der Waals surface area contributed by atoms with Crippen LogP contribution in [0, 0.1) is 11.8 Å². The Hall–Kier alpha value is -8.65. The van der Waals surface area contributed by atoms with Crippen molar-refractivity contribution in [2.75, 3.05) is 11.4 Å². The fraction of sp³-hybridized carbons (Fsp3) is 0.368. The fourth-order valence-corrected chi connectivity index (χ4v) is 11.2. The lowest BCUT2D eigenvalue weighted by molar-refractivity contribution is -0.137. The third-order valence-electron chi connectivity index (χ3n) is 15.0. The quantitative estimate of drug-likeness (QED) is 0.0220. The number of alkyl halides is 2. The molecule has 0 aliphatic carbocycles. The molecule has 4 aliphatic rings. The Labute approximate surface area is 468 Å². The summed E-state index contributed by atoms with van der Waals surface area (Å²) in [6, 6.07) is 15.7. The number of amides is 9. The van der Waals surface area contributed by atoms with E-state index < -0.39 is 96.2 Å². The van der Waals surface area contributed by atoms with Crippen molar-refractivity contribution in [3.63, 3.8) is 0 Å². The summed E-state index contributed by atoms with van der Waals surface area (Å²) in [6.45, 7) is 0.519. The van der Waals surface area contributed by atoms with Crippen molar-refractivity contribution >= 4 is 77.5 Å². The van der Waals surface area contributed by atoms with E-state index in [2.05, 4.69) is 48.4 Å². The van der Waals surface area contributed by atoms with Gasteiger partial charge in [0.1, 0.15) is 30.2 Å². The zero-order chi connectivity index (χ0) is 58.5. The van der Waals surface area contributed by atoms with E-state index in [0.717, 1.165) is 49.4 Å². The Balaban J connectivity index is 0.792. The number of rotatable bonds is 21. The van der Waals surface area contributed by atoms with Crippen LogP contribution in [0.5, 0.6) is 0 Å². The smallest absolute Gasteiger partial charge is 0.370 e. The van der Waals surface area contributed by atoms with Gasteiger partial charge >= 0.3 is 13.3 Å². The largest absolute Gasteiger partial charge is 0.399 e. The number of primary amides is 1. The standard InChI is InChI=1S/C57H59F2N10O12P/c58-57(59,82(79,80)81)36-21-23-39-42(30-36)63-49(62-39)54(76)65-41-22-20-34-17-11-18-35-29-44(69(48(34)35)56(41)78)52(74)64-40(24-26-45(60)70)50(72)67-47(33-14-8-6-9-15-33)53(75)61-28-10-5-3-1-2-4-7-13-32-16-12-19-37-38(32)31-68(55(37)77)43-25-27-46(71)66-51(43)73/h6,8-9,11-12,14-19,21,23,30,40-41,43-44,47H,1-5,10,20,22,24-29,31H2,(H2,60,70)(H,61,75)(H,62,63)(H,64,74)(H,65,76)(H,67,72)(H,66,71,73)(H2,79,80,81)/t40-,41-,43?,44-,47-/m0/s1. The van der Waals surface area contributed by atoms with E-state index in [-0.39, 0.29) is 80.9 Å². The van der Waals surface area contributed by atoms with Crippen LogP contribution < -0.4 is 37.2 Å². The van der Waals surface area contributed by atoms with Gasteiger partial charge in [-0.1, -0.05) is 91.8 Å². The lowest BCUT2D eigenvalue weighted by Crippen LogP contribution is -2.57. The number of nitrogens with one attached hydrogen (secondary N) is 6. The van der Waals surface area contributed by atoms with Crippen LogP contribution in [0.15, 0.2) is 84.9 Å². The minimum absolute atomic E-state index is 0.00964. The van der Waals surface area contributed by atoms with Crippen LogP contribution in [0.3, 0.4) is 0 Å². The van der Waals surface area contributed by atoms with E-state index in [1.807, 2.05) is 6.07 Å². The number of aromatic amines is 1. The summed E-state index contributed by atoms with van der Waals surface area (Å²) in [5, 5.41) is 13.3. The first kappa shape index (κ1) is 58.0. The summed E-state index contributed by atoms with van der Waals surface area (Å²) in [6.07, 6.45) is 4.72. The topological polar surface area (TPSA) is 332 Å². The first-order valence-electron chi connectivity index (χ1n) is 26.9. The van der Waals surface area contributed by atoms with Gasteiger partial charge in [0, 0.05) is 55.5 Å². The highest BCUT2D eigenvalue weighted by Gasteiger charge is 2.51. The van der Waals surface area contributed by atoms with Crippen molar-refractivity contribution < 1.29 is 66.3 Å². The number of para-hydroxylation sites is 1. The number of unbranched alkanes of at least 4 members (excludes halogenated alkanes) is 5. The van der Waals surface area contributed by atoms with Crippen LogP contribution in [0.1, 0.15) is 131 Å². The molecule has 82 heavy (non-hydrogen) atoms. The summed E-state index contributed by atoms with van der Waals surface area (Å²) in [5.74, 6) is 0.412. The number of imide groups is 1. The molecule has 0 bridgehead atoms. The fourth-order valence-electron chi connectivity index (χ4n) is 10.7. The Morgan fingerprint density at radius 2 is 1.61 bits per heavy atom. The zero-order valence-corrected chi connectivity index (χ0v) is 45.1. The van der Waals surface area contributed by atoms with Crippen LogP contribution in [-0.4, -0.2) is 109 Å². The van der Waals surface area contributed by atoms with E-state index >= 15 is 0 Å². The third-order valence-corrected chi connectivity index (χ3v) is 16.0. The summed E-state index contributed by atoms with van der Waals surface area (Å²) >= 11 is 0. The monoisotopic (exact) mass is 1140 g/mol. The van der Waals surface area contributed by atoms with Gasteiger partial charge in [-0.2, -0.15) is 8.78 Å². The number of piperidine rings is 1. The molecule has 4 aliphatic heterocycles. The highest BCUT2D eigenvalue weighted by atomic mass is 31.2. The summed E-state index contributed by atoms with van der Waals surface area (Å²) in [5.41, 5.74) is 4.03. The Morgan fingerprint density at radius 1 is 0.866 bits per heavy atom. The van der Waals surface area contributed by atoms with Crippen molar-refractivity contribution in [2.24, 2.45) is 5.73 Å². The summed E-state index contributed by atoms with van der Waals surface area (Å²) in [7, 11) is -5.91. The van der Waals surface area contributed by atoms with Crippen LogP contribution in [0.4, 0.5) is 14.5 Å². The maximum Gasteiger partial charge on any atom is 0.399 e. The van der Waals surface area contributed by atoms with Gasteiger partial charge in [-0.25, -0.2) is 4.98 Å². The molecule has 10 N–H and O–H groups in total. The van der Waals surface area contributed by atoms with E-state index in [9.17, 15) is 66.3 Å². The van der Waals surface area contributed by atoms with Crippen LogP contribution in [-0.2, 0) is 63.2 Å². The molecular weight excluding hydrogens is 1090 g/mol. The van der Waals surface area contributed by atoms with Gasteiger partial charge in [0.05, 0.1) is 16.7 Å². The van der Waals surface area contributed by atoms with E-state index in [4.69, 9.17) is 5.73 Å². The maximum atomic E-state index is 14.6. The van der Waals surface area contributed by atoms with Crippen molar-refractivity contribution in [1.29, 1.82) is 0 Å². The average Bonchev–Trinajstić information content (AvgIpc) is 4.17. The van der Waals surface area contributed by atoms with Gasteiger partial charge in [-0.3, -0.25) is 57.9 Å². The molecule has 1 saturated heterocycles. The van der Waals surface area contributed by atoms with Gasteiger partial charge in [0.2, 0.25) is 41.4 Å². The lowest BCUT2D eigenvalue weighted by atomic mass is 10.0. The zero-order valence-electron chi connectivity index (χ0n) is 44.2. The number of halogens is 2. The predicted octanol–water partition coefficient (Wildman–Crippen LogP) is 3.67. The molecule has 1 fully saturated rings. The number of H-pyrrole nitrogens is 1. The number of hydrogen-bond acceptors (Lipinski definition) is 11. The Bertz CT molecular complexity index is 3510. The molecule has 4 aromatic carbocycles. The molecule has 1 aromatic heterocycles. The number of carbonyl (C=O) groups is 9. The number of aryl methyl sites for hydroxylation is 1. The van der Waals surface area contributed by atoms with Gasteiger partial charge in [0.25, 0.3) is 11.8 Å². The second kappa shape index (κ2) is 24.6. The molecule has 9 amide bonds. The number of imidazole rings is 1. The van der Waals surface area contributed by atoms with Gasteiger partial charge < -0.3 is 46.7 Å². The van der Waals surface area contributed by atoms with Crippen molar-refractivity contribution in [2.45, 2.75) is 126 Å². The number of nitrogens with two attached hydrogens (primary N) is 1. The second-order valence-corrected chi connectivity index (χ2v) is 22.2. The number of benzene rings is 4. The first-order chi connectivity index (χ1) is 39.2. The molecule has 0 radical (unpaired) electrons. The maximum absolute atomic E-state index is 14.6. The normalized spacial score (nSPS) is 18.3. The SMILES string of the molecule is NC(=O)CC[C@H](NC(=O)[C@@H]1Cc2cccc3c2N1C(=O)[C@@H](NC(=O)c1nc2ccc(C(F)(F)P(=O)(O)O)cc2[nH]1)CC3)C(=O)N[C@H](C(=O)NCCCCCCCC#Cc1cccc2c1CN(C1CCC(=O)NC1=O)C2=O)c1ccccc1. The molecule has 428 valence electrons. The first-order valence-corrected chi connectivity index (χ1v) is 28.5. The minimum Gasteiger partial charge on any atom is -0.370 e. The molecule has 22 nitrogen and oxygen atoms in total. The number of nitrogens with zero attached hydrogens (tertiary/aromatic N) is 3. The Morgan fingerprint density at radius 3 is 2.37 bits per heavy atom. The summed E-state index contributed by atoms with van der Waals surface area (Å²) < 4.78 is 40.5.